The van der Waals surface area contributed by atoms with E-state index in [1.54, 1.807) is 32.5 Å². The number of aryl methyl sites for hydroxylation is 1. The minimum absolute atomic E-state index is 0.474. The first-order chi connectivity index (χ1) is 9.55. The van der Waals surface area contributed by atoms with Crippen molar-refractivity contribution in [3.05, 3.63) is 35.0 Å². The van der Waals surface area contributed by atoms with Gasteiger partial charge in [-0.25, -0.2) is 4.98 Å². The Hall–Kier alpha value is -2.14. The van der Waals surface area contributed by atoms with Gasteiger partial charge in [0.15, 0.2) is 5.82 Å². The quantitative estimate of drug-likeness (QED) is 0.904. The topological polar surface area (TPSA) is 69.4 Å². The molecule has 3 N–H and O–H groups in total. The van der Waals surface area contributed by atoms with Crippen molar-refractivity contribution in [1.82, 2.24) is 4.98 Å². The molecule has 106 valence electrons. The average Bonchev–Trinajstić information content (AvgIpc) is 2.42. The number of aromatic nitrogens is 1. The molecule has 2 rings (SSSR count). The molecular formula is C14H16ClN3O2. The second kappa shape index (κ2) is 5.88. The number of benzene rings is 1. The minimum atomic E-state index is 0.474. The van der Waals surface area contributed by atoms with Crippen LogP contribution in [-0.2, 0) is 0 Å². The Morgan fingerprint density at radius 2 is 1.85 bits per heavy atom. The Kier molecular flexibility index (Phi) is 4.20. The number of rotatable bonds is 4. The van der Waals surface area contributed by atoms with Crippen molar-refractivity contribution >= 4 is 28.8 Å². The molecule has 2 aromatic rings. The number of nitrogens with zero attached hydrogens (tertiary/aromatic N) is 1. The third-order valence-electron chi connectivity index (χ3n) is 2.78. The van der Waals surface area contributed by atoms with Crippen molar-refractivity contribution < 1.29 is 9.47 Å². The van der Waals surface area contributed by atoms with Gasteiger partial charge in [-0.3, -0.25) is 0 Å². The first-order valence-electron chi connectivity index (χ1n) is 5.95. The Balaban J connectivity index is 2.40. The molecule has 6 heteroatoms. The van der Waals surface area contributed by atoms with E-state index in [1.807, 2.05) is 13.0 Å². The number of ether oxygens (including phenoxy) is 2. The van der Waals surface area contributed by atoms with Gasteiger partial charge in [0.1, 0.15) is 11.5 Å². The largest absolute Gasteiger partial charge is 0.495 e. The number of hydrogen-bond donors (Lipinski definition) is 2. The predicted octanol–water partition coefficient (Wildman–Crippen LogP) is 3.39. The van der Waals surface area contributed by atoms with Crippen LogP contribution in [-0.4, -0.2) is 19.2 Å². The fourth-order valence-electron chi connectivity index (χ4n) is 1.78. The number of nitrogen functional groups attached to an aromatic ring is 1. The van der Waals surface area contributed by atoms with Crippen molar-refractivity contribution in [1.29, 1.82) is 0 Å². The van der Waals surface area contributed by atoms with E-state index in [1.165, 1.54) is 0 Å². The first kappa shape index (κ1) is 14.3. The highest BCUT2D eigenvalue weighted by atomic mass is 35.5. The highest BCUT2D eigenvalue weighted by Gasteiger charge is 2.11. The molecule has 0 aliphatic heterocycles. The third kappa shape index (κ3) is 2.88. The molecule has 0 unspecified atom stereocenters. The molecule has 1 aromatic carbocycles. The summed E-state index contributed by atoms with van der Waals surface area (Å²) in [5.74, 6) is 1.68. The van der Waals surface area contributed by atoms with Crippen LogP contribution in [0.5, 0.6) is 11.5 Å². The zero-order chi connectivity index (χ0) is 14.7. The van der Waals surface area contributed by atoms with E-state index in [2.05, 4.69) is 10.3 Å². The van der Waals surface area contributed by atoms with Crippen LogP contribution in [0, 0.1) is 6.92 Å². The fraction of sp³-hybridized carbons (Fsp3) is 0.214. The van der Waals surface area contributed by atoms with E-state index < -0.39 is 0 Å². The minimum Gasteiger partial charge on any atom is -0.495 e. The number of halogens is 1. The molecule has 0 saturated heterocycles. The number of anilines is 3. The summed E-state index contributed by atoms with van der Waals surface area (Å²) in [6.45, 7) is 1.93. The van der Waals surface area contributed by atoms with Crippen molar-refractivity contribution in [2.75, 3.05) is 25.3 Å². The molecule has 5 nitrogen and oxygen atoms in total. The van der Waals surface area contributed by atoms with Gasteiger partial charge in [-0.15, -0.1) is 0 Å². The fourth-order valence-corrected chi connectivity index (χ4v) is 2.02. The standard InChI is InChI=1S/C14H16ClN3O2/c1-8-4-10(16)14(17-7-8)18-11-5-9(15)12(19-2)6-13(11)20-3/h4-7H,16H2,1-3H3,(H,17,18). The summed E-state index contributed by atoms with van der Waals surface area (Å²) in [5.41, 5.74) is 8.15. The molecule has 0 saturated carbocycles. The molecule has 0 fully saturated rings. The van der Waals surface area contributed by atoms with Gasteiger partial charge in [0.25, 0.3) is 0 Å². The maximum atomic E-state index is 6.12. The molecule has 0 atom stereocenters. The molecule has 0 amide bonds. The molecule has 1 aromatic heterocycles. The third-order valence-corrected chi connectivity index (χ3v) is 3.08. The molecule has 0 spiro atoms. The van der Waals surface area contributed by atoms with Gasteiger partial charge >= 0.3 is 0 Å². The van der Waals surface area contributed by atoms with Gasteiger partial charge in [-0.05, 0) is 24.6 Å². The van der Waals surface area contributed by atoms with Crippen LogP contribution in [0.25, 0.3) is 0 Å². The number of pyridine rings is 1. The first-order valence-corrected chi connectivity index (χ1v) is 6.33. The number of nitrogens with two attached hydrogens (primary N) is 1. The zero-order valence-electron chi connectivity index (χ0n) is 11.5. The maximum absolute atomic E-state index is 6.12. The van der Waals surface area contributed by atoms with Gasteiger partial charge in [-0.2, -0.15) is 0 Å². The van der Waals surface area contributed by atoms with Gasteiger partial charge in [-0.1, -0.05) is 11.6 Å². The molecule has 1 heterocycles. The van der Waals surface area contributed by atoms with Gasteiger partial charge in [0.05, 0.1) is 30.6 Å². The van der Waals surface area contributed by atoms with Crippen molar-refractivity contribution in [3.8, 4) is 11.5 Å². The molecule has 0 aliphatic rings. The monoisotopic (exact) mass is 293 g/mol. The Morgan fingerprint density at radius 3 is 2.45 bits per heavy atom. The van der Waals surface area contributed by atoms with E-state index in [9.17, 15) is 0 Å². The van der Waals surface area contributed by atoms with Crippen LogP contribution in [0.4, 0.5) is 17.2 Å². The van der Waals surface area contributed by atoms with Crippen molar-refractivity contribution in [2.24, 2.45) is 0 Å². The Bertz CT molecular complexity index is 632. The van der Waals surface area contributed by atoms with E-state index >= 15 is 0 Å². The van der Waals surface area contributed by atoms with Crippen LogP contribution in [0.3, 0.4) is 0 Å². The van der Waals surface area contributed by atoms with Crippen molar-refractivity contribution in [3.63, 3.8) is 0 Å². The number of hydrogen-bond acceptors (Lipinski definition) is 5. The van der Waals surface area contributed by atoms with Crippen LogP contribution in [0.15, 0.2) is 24.4 Å². The second-order valence-electron chi connectivity index (χ2n) is 4.26. The van der Waals surface area contributed by atoms with Crippen molar-refractivity contribution in [2.45, 2.75) is 6.92 Å². The lowest BCUT2D eigenvalue weighted by Crippen LogP contribution is -2.01. The molecule has 0 bridgehead atoms. The maximum Gasteiger partial charge on any atom is 0.153 e. The number of methoxy groups -OCH3 is 2. The SMILES string of the molecule is COc1cc(OC)c(Nc2ncc(C)cc2N)cc1Cl. The lowest BCUT2D eigenvalue weighted by Gasteiger charge is -2.14. The predicted molar refractivity (Wildman–Crippen MR) is 81.2 cm³/mol. The smallest absolute Gasteiger partial charge is 0.153 e. The lowest BCUT2D eigenvalue weighted by atomic mass is 10.2. The lowest BCUT2D eigenvalue weighted by molar-refractivity contribution is 0.396. The molecular weight excluding hydrogens is 278 g/mol. The highest BCUT2D eigenvalue weighted by Crippen LogP contribution is 2.37. The summed E-state index contributed by atoms with van der Waals surface area (Å²) in [6.07, 6.45) is 1.73. The van der Waals surface area contributed by atoms with Crippen LogP contribution in [0.1, 0.15) is 5.56 Å². The summed E-state index contributed by atoms with van der Waals surface area (Å²) in [4.78, 5) is 4.25. The van der Waals surface area contributed by atoms with E-state index in [0.29, 0.717) is 33.7 Å². The van der Waals surface area contributed by atoms with Gasteiger partial charge in [0, 0.05) is 12.3 Å². The summed E-state index contributed by atoms with van der Waals surface area (Å²) in [7, 11) is 3.12. The number of nitrogens with one attached hydrogen (secondary N) is 1. The normalized spacial score (nSPS) is 10.2. The Morgan fingerprint density at radius 1 is 1.15 bits per heavy atom. The van der Waals surface area contributed by atoms with Crippen LogP contribution in [0.2, 0.25) is 5.02 Å². The molecule has 20 heavy (non-hydrogen) atoms. The summed E-state index contributed by atoms with van der Waals surface area (Å²) < 4.78 is 10.5. The molecule has 0 aliphatic carbocycles. The van der Waals surface area contributed by atoms with Gasteiger partial charge in [0.2, 0.25) is 0 Å². The van der Waals surface area contributed by atoms with E-state index in [4.69, 9.17) is 26.8 Å². The van der Waals surface area contributed by atoms with E-state index in [0.717, 1.165) is 5.56 Å². The summed E-state index contributed by atoms with van der Waals surface area (Å²) in [5, 5.41) is 3.58. The van der Waals surface area contributed by atoms with Gasteiger partial charge < -0.3 is 20.5 Å². The van der Waals surface area contributed by atoms with E-state index in [-0.39, 0.29) is 0 Å². The summed E-state index contributed by atoms with van der Waals surface area (Å²) >= 11 is 6.12. The van der Waals surface area contributed by atoms with Crippen LogP contribution < -0.4 is 20.5 Å². The van der Waals surface area contributed by atoms with Crippen LogP contribution >= 0.6 is 11.6 Å². The average molecular weight is 294 g/mol. The Labute approximate surface area is 122 Å². The summed E-state index contributed by atoms with van der Waals surface area (Å²) in [6, 6.07) is 5.25. The highest BCUT2D eigenvalue weighted by molar-refractivity contribution is 6.32. The second-order valence-corrected chi connectivity index (χ2v) is 4.67. The zero-order valence-corrected chi connectivity index (χ0v) is 12.3. The molecule has 0 radical (unpaired) electrons.